The van der Waals surface area contributed by atoms with Crippen molar-refractivity contribution in [1.82, 2.24) is 9.99 Å². The summed E-state index contributed by atoms with van der Waals surface area (Å²) in [5.74, 6) is 0.185. The molecule has 0 saturated heterocycles. The van der Waals surface area contributed by atoms with Crippen LogP contribution in [0.4, 0.5) is 0 Å². The molecule has 1 heterocycles. The van der Waals surface area contributed by atoms with E-state index in [1.807, 2.05) is 42.6 Å². The summed E-state index contributed by atoms with van der Waals surface area (Å²) in [6.45, 7) is 0.614. The molecule has 0 fully saturated rings. The smallest absolute Gasteiger partial charge is 0.277 e. The standard InChI is InChI=1S/C24H20ClN3O2/c25-20-9-6-10-21(13-20)30-17-24(29)27-26-14-19-16-28(15-18-7-2-1-3-8-18)23-12-5-4-11-22(19)23/h1-14,16H,15,17H2,(H,27,29)/b26-14+. The van der Waals surface area contributed by atoms with Crippen LogP contribution >= 0.6 is 11.6 Å². The van der Waals surface area contributed by atoms with E-state index in [4.69, 9.17) is 16.3 Å². The number of fused-ring (bicyclic) bond motifs is 1. The number of amides is 1. The fourth-order valence-corrected chi connectivity index (χ4v) is 3.38. The summed E-state index contributed by atoms with van der Waals surface area (Å²) in [5, 5.41) is 5.72. The van der Waals surface area contributed by atoms with Crippen molar-refractivity contribution in [2.75, 3.05) is 6.61 Å². The summed E-state index contributed by atoms with van der Waals surface area (Å²) >= 11 is 5.91. The molecule has 0 unspecified atom stereocenters. The van der Waals surface area contributed by atoms with Crippen molar-refractivity contribution in [2.45, 2.75) is 6.54 Å². The molecule has 0 aliphatic heterocycles. The van der Waals surface area contributed by atoms with Crippen molar-refractivity contribution in [3.05, 3.63) is 101 Å². The predicted molar refractivity (Wildman–Crippen MR) is 120 cm³/mol. The lowest BCUT2D eigenvalue weighted by molar-refractivity contribution is -0.123. The maximum Gasteiger partial charge on any atom is 0.277 e. The van der Waals surface area contributed by atoms with Gasteiger partial charge >= 0.3 is 0 Å². The van der Waals surface area contributed by atoms with Crippen molar-refractivity contribution in [2.24, 2.45) is 5.10 Å². The lowest BCUT2D eigenvalue weighted by Crippen LogP contribution is -2.24. The molecule has 4 aromatic rings. The molecule has 30 heavy (non-hydrogen) atoms. The zero-order valence-electron chi connectivity index (χ0n) is 16.2. The molecule has 0 radical (unpaired) electrons. The number of nitrogens with one attached hydrogen (secondary N) is 1. The van der Waals surface area contributed by atoms with Crippen LogP contribution in [0, 0.1) is 0 Å². The number of aromatic nitrogens is 1. The molecule has 0 bridgehead atoms. The topological polar surface area (TPSA) is 55.6 Å². The zero-order chi connectivity index (χ0) is 20.8. The zero-order valence-corrected chi connectivity index (χ0v) is 16.9. The molecule has 0 aliphatic carbocycles. The van der Waals surface area contributed by atoms with Gasteiger partial charge < -0.3 is 9.30 Å². The summed E-state index contributed by atoms with van der Waals surface area (Å²) < 4.78 is 7.59. The van der Waals surface area contributed by atoms with Crippen LogP contribution in [0.2, 0.25) is 5.02 Å². The van der Waals surface area contributed by atoms with Crippen LogP contribution < -0.4 is 10.2 Å². The number of halogens is 1. The van der Waals surface area contributed by atoms with E-state index < -0.39 is 0 Å². The van der Waals surface area contributed by atoms with Gasteiger partial charge in [0, 0.05) is 34.2 Å². The molecule has 0 spiro atoms. The molecule has 150 valence electrons. The predicted octanol–water partition coefficient (Wildman–Crippen LogP) is 4.87. The number of benzene rings is 3. The Morgan fingerprint density at radius 3 is 2.67 bits per heavy atom. The normalized spacial score (nSPS) is 11.1. The van der Waals surface area contributed by atoms with Gasteiger partial charge in [-0.1, -0.05) is 66.2 Å². The van der Waals surface area contributed by atoms with Crippen molar-refractivity contribution in [3.63, 3.8) is 0 Å². The van der Waals surface area contributed by atoms with Gasteiger partial charge in [0.05, 0.1) is 6.21 Å². The summed E-state index contributed by atoms with van der Waals surface area (Å²) in [4.78, 5) is 12.0. The first kappa shape index (κ1) is 19.7. The van der Waals surface area contributed by atoms with Gasteiger partial charge in [-0.2, -0.15) is 5.10 Å². The van der Waals surface area contributed by atoms with E-state index in [1.165, 1.54) is 5.56 Å². The highest BCUT2D eigenvalue weighted by atomic mass is 35.5. The summed E-state index contributed by atoms with van der Waals surface area (Å²) in [6, 6.07) is 25.3. The van der Waals surface area contributed by atoms with Gasteiger partial charge in [0.1, 0.15) is 5.75 Å². The van der Waals surface area contributed by atoms with Crippen molar-refractivity contribution in [1.29, 1.82) is 0 Å². The third kappa shape index (κ3) is 4.88. The Morgan fingerprint density at radius 2 is 1.83 bits per heavy atom. The Labute approximate surface area is 179 Å². The Morgan fingerprint density at radius 1 is 1.03 bits per heavy atom. The Balaban J connectivity index is 1.43. The van der Waals surface area contributed by atoms with Crippen LogP contribution in [0.25, 0.3) is 10.9 Å². The van der Waals surface area contributed by atoms with Gasteiger partial charge in [0.2, 0.25) is 0 Å². The Bertz CT molecular complexity index is 1190. The van der Waals surface area contributed by atoms with Gasteiger partial charge in [-0.3, -0.25) is 4.79 Å². The maximum absolute atomic E-state index is 12.0. The second-order valence-electron chi connectivity index (χ2n) is 6.75. The fraction of sp³-hybridized carbons (Fsp3) is 0.0833. The lowest BCUT2D eigenvalue weighted by Gasteiger charge is -2.05. The minimum Gasteiger partial charge on any atom is -0.484 e. The number of para-hydroxylation sites is 1. The van der Waals surface area contributed by atoms with Crippen LogP contribution in [0.15, 0.2) is 90.2 Å². The van der Waals surface area contributed by atoms with Crippen LogP contribution in [-0.2, 0) is 11.3 Å². The monoisotopic (exact) mass is 417 g/mol. The van der Waals surface area contributed by atoms with E-state index in [9.17, 15) is 4.79 Å². The minimum atomic E-state index is -0.348. The third-order valence-electron chi connectivity index (χ3n) is 4.57. The lowest BCUT2D eigenvalue weighted by atomic mass is 10.2. The molecule has 6 heteroatoms. The molecule has 3 aromatic carbocycles. The number of hydrogen-bond donors (Lipinski definition) is 1. The number of rotatable bonds is 7. The Kier molecular flexibility index (Phi) is 6.11. The van der Waals surface area contributed by atoms with Crippen LogP contribution in [0.5, 0.6) is 5.75 Å². The Hall–Kier alpha value is -3.57. The molecular formula is C24H20ClN3O2. The van der Waals surface area contributed by atoms with Crippen molar-refractivity contribution < 1.29 is 9.53 Å². The molecule has 1 aromatic heterocycles. The van der Waals surface area contributed by atoms with E-state index in [1.54, 1.807) is 30.5 Å². The number of carbonyl (C=O) groups is 1. The van der Waals surface area contributed by atoms with Gasteiger partial charge in [0.15, 0.2) is 6.61 Å². The van der Waals surface area contributed by atoms with Crippen molar-refractivity contribution in [3.8, 4) is 5.75 Å². The molecule has 4 rings (SSSR count). The highest BCUT2D eigenvalue weighted by Crippen LogP contribution is 2.21. The number of carbonyl (C=O) groups excluding carboxylic acids is 1. The molecule has 1 amide bonds. The minimum absolute atomic E-state index is 0.145. The second-order valence-corrected chi connectivity index (χ2v) is 7.19. The highest BCUT2D eigenvalue weighted by Gasteiger charge is 2.07. The summed E-state index contributed by atoms with van der Waals surface area (Å²) in [6.07, 6.45) is 3.69. The van der Waals surface area contributed by atoms with E-state index in [0.29, 0.717) is 10.8 Å². The number of hydrogen-bond acceptors (Lipinski definition) is 3. The van der Waals surface area contributed by atoms with Gasteiger partial charge in [-0.05, 0) is 29.8 Å². The van der Waals surface area contributed by atoms with E-state index in [2.05, 4.69) is 33.3 Å². The first-order valence-electron chi connectivity index (χ1n) is 9.51. The molecule has 0 atom stereocenters. The molecule has 5 nitrogen and oxygen atoms in total. The molecule has 0 aliphatic rings. The van der Waals surface area contributed by atoms with E-state index >= 15 is 0 Å². The quantitative estimate of drug-likeness (QED) is 0.344. The van der Waals surface area contributed by atoms with Gasteiger partial charge in [-0.25, -0.2) is 5.43 Å². The fourth-order valence-electron chi connectivity index (χ4n) is 3.20. The molecular weight excluding hydrogens is 398 g/mol. The molecule has 0 saturated carbocycles. The molecule has 1 N–H and O–H groups in total. The first-order chi connectivity index (χ1) is 14.7. The average molecular weight is 418 g/mol. The van der Waals surface area contributed by atoms with E-state index in [0.717, 1.165) is 23.0 Å². The van der Waals surface area contributed by atoms with Crippen molar-refractivity contribution >= 4 is 34.6 Å². The summed E-state index contributed by atoms with van der Waals surface area (Å²) in [7, 11) is 0. The first-order valence-corrected chi connectivity index (χ1v) is 9.89. The number of ether oxygens (including phenoxy) is 1. The largest absolute Gasteiger partial charge is 0.484 e. The van der Waals surface area contributed by atoms with Crippen LogP contribution in [-0.4, -0.2) is 23.3 Å². The van der Waals surface area contributed by atoms with Gasteiger partial charge in [-0.15, -0.1) is 0 Å². The maximum atomic E-state index is 12.0. The van der Waals surface area contributed by atoms with E-state index in [-0.39, 0.29) is 12.5 Å². The SMILES string of the molecule is O=C(COc1cccc(Cl)c1)N/N=C/c1cn(Cc2ccccc2)c2ccccc12. The van der Waals surface area contributed by atoms with Gasteiger partial charge in [0.25, 0.3) is 5.91 Å². The third-order valence-corrected chi connectivity index (χ3v) is 4.81. The van der Waals surface area contributed by atoms with Crippen LogP contribution in [0.1, 0.15) is 11.1 Å². The second kappa shape index (κ2) is 9.29. The number of hydrazone groups is 1. The van der Waals surface area contributed by atoms with Crippen LogP contribution in [0.3, 0.4) is 0 Å². The summed E-state index contributed by atoms with van der Waals surface area (Å²) in [5.41, 5.74) is 5.76. The highest BCUT2D eigenvalue weighted by molar-refractivity contribution is 6.30. The average Bonchev–Trinajstić information content (AvgIpc) is 3.11. The number of nitrogens with zero attached hydrogens (tertiary/aromatic N) is 2.